The van der Waals surface area contributed by atoms with Crippen molar-refractivity contribution in [1.29, 1.82) is 0 Å². The molecule has 0 amide bonds. The van der Waals surface area contributed by atoms with Gasteiger partial charge in [0.15, 0.2) is 5.82 Å². The van der Waals surface area contributed by atoms with Crippen molar-refractivity contribution in [3.63, 3.8) is 0 Å². The zero-order valence-electron chi connectivity index (χ0n) is 15.2. The summed E-state index contributed by atoms with van der Waals surface area (Å²) in [7, 11) is 0. The lowest BCUT2D eigenvalue weighted by Gasteiger charge is -2.10. The van der Waals surface area contributed by atoms with Crippen molar-refractivity contribution in [3.05, 3.63) is 89.2 Å². The first-order valence-electron chi connectivity index (χ1n) is 8.98. The minimum absolute atomic E-state index is 0.0546. The average molecular weight is 381 g/mol. The van der Waals surface area contributed by atoms with Gasteiger partial charge in [-0.2, -0.15) is 0 Å². The summed E-state index contributed by atoms with van der Waals surface area (Å²) >= 11 is 0. The molecular formula is C22H15N5O2. The maximum Gasteiger partial charge on any atom is 0.331 e. The van der Waals surface area contributed by atoms with Crippen LogP contribution in [0.5, 0.6) is 0 Å². The SMILES string of the molecule is Nc1ccc(-c2nnc(-n3c(-c4ccccc4)nc4ccccc4c3=O)o2)cc1. The number of rotatable bonds is 3. The Morgan fingerprint density at radius 2 is 1.52 bits per heavy atom. The molecule has 0 atom stereocenters. The summed E-state index contributed by atoms with van der Waals surface area (Å²) < 4.78 is 7.20. The monoisotopic (exact) mass is 381 g/mol. The van der Waals surface area contributed by atoms with Crippen LogP contribution in [0, 0.1) is 0 Å². The first kappa shape index (κ1) is 16.9. The van der Waals surface area contributed by atoms with Crippen LogP contribution in [-0.2, 0) is 0 Å². The fraction of sp³-hybridized carbons (Fsp3) is 0. The van der Waals surface area contributed by atoms with Crippen molar-refractivity contribution in [1.82, 2.24) is 19.7 Å². The Morgan fingerprint density at radius 1 is 0.793 bits per heavy atom. The molecule has 7 heteroatoms. The lowest BCUT2D eigenvalue weighted by molar-refractivity contribution is 0.533. The second-order valence-electron chi connectivity index (χ2n) is 6.47. The molecule has 0 aliphatic rings. The molecule has 0 bridgehead atoms. The molecular weight excluding hydrogens is 366 g/mol. The Hall–Kier alpha value is -4.26. The molecule has 2 aromatic heterocycles. The summed E-state index contributed by atoms with van der Waals surface area (Å²) in [5.74, 6) is 0.723. The van der Waals surface area contributed by atoms with E-state index in [1.807, 2.05) is 36.4 Å². The van der Waals surface area contributed by atoms with Crippen molar-refractivity contribution in [2.24, 2.45) is 0 Å². The van der Waals surface area contributed by atoms with Crippen LogP contribution < -0.4 is 11.3 Å². The molecule has 0 saturated carbocycles. The number of hydrogen-bond acceptors (Lipinski definition) is 6. The van der Waals surface area contributed by atoms with E-state index in [-0.39, 0.29) is 11.6 Å². The largest absolute Gasteiger partial charge is 0.403 e. The first-order chi connectivity index (χ1) is 14.2. The van der Waals surface area contributed by atoms with Gasteiger partial charge in [-0.15, -0.1) is 5.10 Å². The van der Waals surface area contributed by atoms with Crippen molar-refractivity contribution in [3.8, 4) is 28.9 Å². The fourth-order valence-electron chi connectivity index (χ4n) is 3.14. The number of hydrogen-bond donors (Lipinski definition) is 1. The number of anilines is 1. The van der Waals surface area contributed by atoms with Gasteiger partial charge in [-0.3, -0.25) is 4.79 Å². The van der Waals surface area contributed by atoms with E-state index in [1.165, 1.54) is 4.57 Å². The van der Waals surface area contributed by atoms with Gasteiger partial charge in [-0.1, -0.05) is 47.6 Å². The topological polar surface area (TPSA) is 99.8 Å². The highest BCUT2D eigenvalue weighted by molar-refractivity contribution is 5.80. The molecule has 29 heavy (non-hydrogen) atoms. The Balaban J connectivity index is 1.75. The molecule has 0 aliphatic heterocycles. The van der Waals surface area contributed by atoms with Gasteiger partial charge in [0.05, 0.1) is 10.9 Å². The molecule has 0 fully saturated rings. The summed E-state index contributed by atoms with van der Waals surface area (Å²) in [5, 5.41) is 8.69. The molecule has 140 valence electrons. The van der Waals surface area contributed by atoms with E-state index in [1.54, 1.807) is 42.5 Å². The number of fused-ring (bicyclic) bond motifs is 1. The summed E-state index contributed by atoms with van der Waals surface area (Å²) in [6, 6.07) is 23.7. The van der Waals surface area contributed by atoms with Gasteiger partial charge < -0.3 is 10.2 Å². The van der Waals surface area contributed by atoms with Gasteiger partial charge in [0.2, 0.25) is 5.89 Å². The standard InChI is InChI=1S/C22H15N5O2/c23-16-12-10-15(11-13-16)20-25-26-22(29-20)27-19(14-6-2-1-3-7-14)24-18-9-5-4-8-17(18)21(27)28/h1-13H,23H2. The number of nitrogen functional groups attached to an aromatic ring is 1. The second kappa shape index (κ2) is 6.72. The van der Waals surface area contributed by atoms with Crippen LogP contribution in [0.25, 0.3) is 39.8 Å². The smallest absolute Gasteiger partial charge is 0.331 e. The van der Waals surface area contributed by atoms with E-state index in [0.29, 0.717) is 33.9 Å². The lowest BCUT2D eigenvalue weighted by Crippen LogP contribution is -2.22. The van der Waals surface area contributed by atoms with Crippen molar-refractivity contribution >= 4 is 16.6 Å². The van der Waals surface area contributed by atoms with Crippen LogP contribution >= 0.6 is 0 Å². The Morgan fingerprint density at radius 3 is 2.31 bits per heavy atom. The Bertz CT molecular complexity index is 1370. The molecule has 3 aromatic carbocycles. The average Bonchev–Trinajstić information content (AvgIpc) is 3.24. The highest BCUT2D eigenvalue weighted by atomic mass is 16.4. The summed E-state index contributed by atoms with van der Waals surface area (Å²) in [6.07, 6.45) is 0. The molecule has 0 spiro atoms. The van der Waals surface area contributed by atoms with E-state index in [2.05, 4.69) is 10.2 Å². The van der Waals surface area contributed by atoms with Gasteiger partial charge in [-0.05, 0) is 36.4 Å². The molecule has 0 saturated heterocycles. The van der Waals surface area contributed by atoms with E-state index in [0.717, 1.165) is 5.56 Å². The van der Waals surface area contributed by atoms with Crippen LogP contribution in [0.2, 0.25) is 0 Å². The molecule has 0 aliphatic carbocycles. The maximum atomic E-state index is 13.3. The fourth-order valence-corrected chi connectivity index (χ4v) is 3.14. The number of nitrogens with two attached hydrogens (primary N) is 1. The van der Waals surface area contributed by atoms with Crippen LogP contribution in [-0.4, -0.2) is 19.7 Å². The van der Waals surface area contributed by atoms with Crippen LogP contribution in [0.15, 0.2) is 88.1 Å². The van der Waals surface area contributed by atoms with E-state index < -0.39 is 0 Å². The van der Waals surface area contributed by atoms with Crippen molar-refractivity contribution in [2.45, 2.75) is 0 Å². The highest BCUT2D eigenvalue weighted by Crippen LogP contribution is 2.24. The molecule has 0 radical (unpaired) electrons. The summed E-state index contributed by atoms with van der Waals surface area (Å²) in [4.78, 5) is 18.0. The zero-order valence-corrected chi connectivity index (χ0v) is 15.2. The maximum absolute atomic E-state index is 13.3. The van der Waals surface area contributed by atoms with E-state index >= 15 is 0 Å². The lowest BCUT2D eigenvalue weighted by atomic mass is 10.2. The number of benzene rings is 3. The normalized spacial score (nSPS) is 11.0. The minimum Gasteiger partial charge on any atom is -0.403 e. The Labute approximate surface area is 165 Å². The van der Waals surface area contributed by atoms with Gasteiger partial charge in [-0.25, -0.2) is 9.55 Å². The minimum atomic E-state index is -0.276. The number of nitrogens with zero attached hydrogens (tertiary/aromatic N) is 4. The molecule has 5 rings (SSSR count). The second-order valence-corrected chi connectivity index (χ2v) is 6.47. The van der Waals surface area contributed by atoms with Crippen LogP contribution in [0.1, 0.15) is 0 Å². The number of aromatic nitrogens is 4. The van der Waals surface area contributed by atoms with Gasteiger partial charge >= 0.3 is 6.01 Å². The Kier molecular flexibility index (Phi) is 3.91. The highest BCUT2D eigenvalue weighted by Gasteiger charge is 2.19. The predicted molar refractivity (Wildman–Crippen MR) is 110 cm³/mol. The molecule has 5 aromatic rings. The van der Waals surface area contributed by atoms with Crippen LogP contribution in [0.3, 0.4) is 0 Å². The van der Waals surface area contributed by atoms with Gasteiger partial charge in [0, 0.05) is 16.8 Å². The van der Waals surface area contributed by atoms with Gasteiger partial charge in [0.1, 0.15) is 0 Å². The predicted octanol–water partition coefficient (Wildman–Crippen LogP) is 3.68. The third-order valence-electron chi connectivity index (χ3n) is 4.57. The first-order valence-corrected chi connectivity index (χ1v) is 8.98. The van der Waals surface area contributed by atoms with Gasteiger partial charge in [0.25, 0.3) is 5.56 Å². The third kappa shape index (κ3) is 2.94. The van der Waals surface area contributed by atoms with Crippen LogP contribution in [0.4, 0.5) is 5.69 Å². The summed E-state index contributed by atoms with van der Waals surface area (Å²) in [6.45, 7) is 0. The molecule has 2 N–H and O–H groups in total. The molecule has 0 unspecified atom stereocenters. The van der Waals surface area contributed by atoms with Crippen molar-refractivity contribution < 1.29 is 4.42 Å². The van der Waals surface area contributed by atoms with E-state index in [9.17, 15) is 4.79 Å². The molecule has 2 heterocycles. The van der Waals surface area contributed by atoms with Crippen molar-refractivity contribution in [2.75, 3.05) is 5.73 Å². The summed E-state index contributed by atoms with van der Waals surface area (Å²) in [5.41, 5.74) is 8.17. The zero-order chi connectivity index (χ0) is 19.8. The third-order valence-corrected chi connectivity index (χ3v) is 4.57. The molecule has 7 nitrogen and oxygen atoms in total. The number of para-hydroxylation sites is 1. The van der Waals surface area contributed by atoms with E-state index in [4.69, 9.17) is 15.1 Å². The quantitative estimate of drug-likeness (QED) is 0.479.